The van der Waals surface area contributed by atoms with Gasteiger partial charge in [0.2, 0.25) is 15.1 Å². The largest absolute Gasteiger partial charge is 0.469 e. The van der Waals surface area contributed by atoms with Gasteiger partial charge in [-0.1, -0.05) is 60.1 Å². The number of fused-ring (bicyclic) bond motifs is 2. The zero-order chi connectivity index (χ0) is 49.4. The molecule has 1 saturated heterocycles. The Bertz CT molecular complexity index is 2370. The molecule has 0 N–H and O–H groups in total. The Hall–Kier alpha value is -3.26. The number of carbonyl (C=O) groups is 2. The second-order valence-electron chi connectivity index (χ2n) is 18.5. The standard InChI is InChI=1S/C47H75Cl3N11O6S/c1-34(2)68(64,65)45-41-44(52-36(4)59(41)28-18-12-9-8-11-16-24-56(5)25-17-13-10-14-22-38(62)66-6)61(47(50)55-45)37(33-60-35(3)51-43-40(60)42(48)53-46(49)54-43)21-15-19-26-57-29-31-58(32-30-57)27-20-23-39(63)67-7/h34,37H,8-33H2,1-7H3/q+1. The Morgan fingerprint density at radius 2 is 1.22 bits per heavy atom. The molecule has 17 nitrogen and oxygen atoms in total. The van der Waals surface area contributed by atoms with Crippen molar-refractivity contribution in [1.82, 2.24) is 48.8 Å². The van der Waals surface area contributed by atoms with Crippen LogP contribution in [0.25, 0.3) is 22.3 Å². The van der Waals surface area contributed by atoms with E-state index in [1.54, 1.807) is 13.8 Å². The molecular weight excluding hydrogens is 953 g/mol. The molecule has 1 fully saturated rings. The maximum atomic E-state index is 14.1. The molecular formula is C47H75Cl3N11O6S+. The lowest BCUT2D eigenvalue weighted by molar-refractivity contribution is -0.703. The van der Waals surface area contributed by atoms with Gasteiger partial charge in [-0.2, -0.15) is 4.98 Å². The van der Waals surface area contributed by atoms with Crippen LogP contribution < -0.4 is 4.57 Å². The van der Waals surface area contributed by atoms with E-state index in [-0.39, 0.29) is 38.7 Å². The van der Waals surface area contributed by atoms with E-state index < -0.39 is 15.1 Å². The summed E-state index contributed by atoms with van der Waals surface area (Å²) < 4.78 is 43.7. The average Bonchev–Trinajstić information content (AvgIpc) is 3.80. The van der Waals surface area contributed by atoms with Crippen molar-refractivity contribution in [2.45, 2.75) is 160 Å². The number of hydrogen-bond donors (Lipinski definition) is 0. The predicted octanol–water partition coefficient (Wildman–Crippen LogP) is 8.00. The van der Waals surface area contributed by atoms with E-state index in [2.05, 4.69) is 36.7 Å². The van der Waals surface area contributed by atoms with Crippen LogP contribution in [-0.4, -0.2) is 148 Å². The Kier molecular flexibility index (Phi) is 22.4. The number of esters is 2. The summed E-state index contributed by atoms with van der Waals surface area (Å²) in [5.74, 6) is 1.06. The molecule has 0 aliphatic carbocycles. The van der Waals surface area contributed by atoms with Crippen LogP contribution in [0.5, 0.6) is 0 Å². The van der Waals surface area contributed by atoms with Crippen molar-refractivity contribution in [2.24, 2.45) is 0 Å². The van der Waals surface area contributed by atoms with E-state index >= 15 is 0 Å². The summed E-state index contributed by atoms with van der Waals surface area (Å²) in [6.07, 6.45) is 14.7. The number of aryl methyl sites for hydroxylation is 3. The summed E-state index contributed by atoms with van der Waals surface area (Å²) in [6.45, 7) is 15.9. The third kappa shape index (κ3) is 15.6. The zero-order valence-corrected chi connectivity index (χ0v) is 44.5. The molecule has 68 heavy (non-hydrogen) atoms. The van der Waals surface area contributed by atoms with Crippen molar-refractivity contribution in [1.29, 1.82) is 0 Å². The smallest absolute Gasteiger partial charge is 0.336 e. The molecule has 5 heterocycles. The van der Waals surface area contributed by atoms with E-state index in [0.29, 0.717) is 66.3 Å². The van der Waals surface area contributed by atoms with Gasteiger partial charge < -0.3 is 33.3 Å². The number of sulfone groups is 1. The number of nitrogens with zero attached hydrogens (tertiary/aromatic N) is 11. The van der Waals surface area contributed by atoms with Gasteiger partial charge >= 0.3 is 17.2 Å². The molecule has 1 aliphatic rings. The highest BCUT2D eigenvalue weighted by Crippen LogP contribution is 2.31. The Balaban J connectivity index is 1.29. The Morgan fingerprint density at radius 3 is 1.84 bits per heavy atom. The van der Waals surface area contributed by atoms with Crippen molar-refractivity contribution in [3.05, 3.63) is 27.4 Å². The number of methoxy groups -OCH3 is 2. The molecule has 0 amide bonds. The van der Waals surface area contributed by atoms with Crippen molar-refractivity contribution in [3.63, 3.8) is 0 Å². The molecule has 1 aliphatic heterocycles. The quantitative estimate of drug-likeness (QED) is 0.0162. The van der Waals surface area contributed by atoms with Crippen LogP contribution in [0.4, 0.5) is 0 Å². The van der Waals surface area contributed by atoms with Gasteiger partial charge in [-0.3, -0.25) is 9.59 Å². The van der Waals surface area contributed by atoms with E-state index in [9.17, 15) is 18.0 Å². The normalized spacial score (nSPS) is 14.5. The van der Waals surface area contributed by atoms with E-state index in [4.69, 9.17) is 54.2 Å². The van der Waals surface area contributed by atoms with Gasteiger partial charge in [0.25, 0.3) is 10.7 Å². The van der Waals surface area contributed by atoms with Crippen LogP contribution >= 0.6 is 34.8 Å². The van der Waals surface area contributed by atoms with Crippen LogP contribution in [0.15, 0.2) is 5.03 Å². The molecule has 4 aromatic heterocycles. The molecule has 0 radical (unpaired) electrons. The van der Waals surface area contributed by atoms with E-state index in [1.165, 1.54) is 14.2 Å². The van der Waals surface area contributed by atoms with Crippen LogP contribution in [0.2, 0.25) is 15.7 Å². The maximum Gasteiger partial charge on any atom is 0.336 e. The zero-order valence-electron chi connectivity index (χ0n) is 41.5. The Labute approximate surface area is 418 Å². The minimum atomic E-state index is -3.87. The summed E-state index contributed by atoms with van der Waals surface area (Å²) in [7, 11) is 1.18. The highest BCUT2D eigenvalue weighted by molar-refractivity contribution is 7.92. The van der Waals surface area contributed by atoms with Crippen molar-refractivity contribution in [3.8, 4) is 0 Å². The molecule has 21 heteroatoms. The molecule has 0 aromatic carbocycles. The summed E-state index contributed by atoms with van der Waals surface area (Å²) in [6, 6.07) is -0.331. The SMILES string of the molecule is COC(=O)CCCCCCN(C)CCCCCCCCn1c(C)nc2c1c(S(=O)(=O)C(C)C)nc(Cl)[n+]2C(CCCCN1CCN(CCCC(=O)OC)CC1)Cn1c(C)nc2nc(Cl)nc(Cl)c21. The first-order valence-corrected chi connectivity index (χ1v) is 27.3. The topological polar surface area (TPSA) is 175 Å². The molecule has 0 bridgehead atoms. The first kappa shape index (κ1) is 55.7. The second kappa shape index (κ2) is 27.4. The summed E-state index contributed by atoms with van der Waals surface area (Å²) in [5.41, 5.74) is 1.89. The van der Waals surface area contributed by atoms with E-state index in [1.807, 2.05) is 27.5 Å². The number of ether oxygens (including phenoxy) is 2. The molecule has 0 spiro atoms. The van der Waals surface area contributed by atoms with Crippen LogP contribution in [0.1, 0.15) is 134 Å². The number of unbranched alkanes of at least 4 members (excludes halogenated alkanes) is 9. The fourth-order valence-electron chi connectivity index (χ4n) is 9.12. The predicted molar refractivity (Wildman–Crippen MR) is 267 cm³/mol. The van der Waals surface area contributed by atoms with Crippen molar-refractivity contribution >= 4 is 78.9 Å². The third-order valence-corrected chi connectivity index (χ3v) is 16.0. The van der Waals surface area contributed by atoms with E-state index in [0.717, 1.165) is 136 Å². The average molecular weight is 1030 g/mol. The first-order chi connectivity index (χ1) is 32.5. The number of imidazole rings is 2. The third-order valence-electron chi connectivity index (χ3n) is 13.2. The maximum absolute atomic E-state index is 14.1. The molecule has 5 rings (SSSR count). The number of halogens is 3. The summed E-state index contributed by atoms with van der Waals surface area (Å²) in [5, 5.41) is -0.534. The van der Waals surface area contributed by atoms with Crippen molar-refractivity contribution < 1.29 is 32.0 Å². The number of rotatable bonds is 30. The lowest BCUT2D eigenvalue weighted by Crippen LogP contribution is -2.47. The molecule has 4 aromatic rings. The second-order valence-corrected chi connectivity index (χ2v) is 22.0. The van der Waals surface area contributed by atoms with Gasteiger partial charge in [0.05, 0.1) is 26.0 Å². The van der Waals surface area contributed by atoms with Gasteiger partial charge in [0, 0.05) is 52.5 Å². The van der Waals surface area contributed by atoms with Gasteiger partial charge in [-0.25, -0.2) is 23.0 Å². The van der Waals surface area contributed by atoms with Crippen LogP contribution in [-0.2, 0) is 42.0 Å². The number of aromatic nitrogens is 8. The number of carbonyl (C=O) groups excluding carboxylic acids is 2. The fraction of sp³-hybridized carbons (Fsp3) is 0.745. The lowest BCUT2D eigenvalue weighted by Gasteiger charge is -2.34. The molecule has 1 atom stereocenters. The fourth-order valence-corrected chi connectivity index (χ4v) is 11.1. The first-order valence-electron chi connectivity index (χ1n) is 24.6. The Morgan fingerprint density at radius 1 is 0.676 bits per heavy atom. The minimum Gasteiger partial charge on any atom is -0.469 e. The molecule has 1 unspecified atom stereocenters. The summed E-state index contributed by atoms with van der Waals surface area (Å²) >= 11 is 20.1. The van der Waals surface area contributed by atoms with Gasteiger partial charge in [0.1, 0.15) is 17.4 Å². The van der Waals surface area contributed by atoms with Gasteiger partial charge in [-0.05, 0) is 129 Å². The van der Waals surface area contributed by atoms with Gasteiger partial charge in [-0.15, -0.1) is 0 Å². The number of hydrogen-bond acceptors (Lipinski definition) is 14. The highest BCUT2D eigenvalue weighted by Gasteiger charge is 2.37. The monoisotopic (exact) mass is 1030 g/mol. The molecule has 0 saturated carbocycles. The van der Waals surface area contributed by atoms with Crippen molar-refractivity contribution in [2.75, 3.05) is 73.6 Å². The molecule has 380 valence electrons. The summed E-state index contributed by atoms with van der Waals surface area (Å²) in [4.78, 5) is 53.3. The highest BCUT2D eigenvalue weighted by atomic mass is 35.5. The van der Waals surface area contributed by atoms with Gasteiger partial charge in [0.15, 0.2) is 22.1 Å². The minimum absolute atomic E-state index is 0.00820. The van der Waals surface area contributed by atoms with Crippen LogP contribution in [0.3, 0.4) is 0 Å². The van der Waals surface area contributed by atoms with Crippen LogP contribution in [0, 0.1) is 13.8 Å². The number of piperazine rings is 1. The lowest BCUT2D eigenvalue weighted by atomic mass is 10.1.